The lowest BCUT2D eigenvalue weighted by Gasteiger charge is -2.17. The molecular weight excluding hydrogens is 325 g/mol. The molecule has 1 saturated carbocycles. The van der Waals surface area contributed by atoms with Gasteiger partial charge in [-0.3, -0.25) is 0 Å². The van der Waals surface area contributed by atoms with Crippen molar-refractivity contribution in [2.24, 2.45) is 11.8 Å². The topological polar surface area (TPSA) is 12.5 Å². The van der Waals surface area contributed by atoms with Gasteiger partial charge in [-0.25, -0.2) is 0 Å². The van der Waals surface area contributed by atoms with E-state index in [4.69, 9.17) is 4.74 Å². The van der Waals surface area contributed by atoms with Gasteiger partial charge in [0.1, 0.15) is 5.75 Å². The summed E-state index contributed by atoms with van der Waals surface area (Å²) in [5.41, 5.74) is 0. The minimum absolute atomic E-state index is 0.839. The summed E-state index contributed by atoms with van der Waals surface area (Å²) in [4.78, 5) is 2.60. The van der Waals surface area contributed by atoms with Crippen LogP contribution in [0.3, 0.4) is 0 Å². The molecule has 0 bridgehead atoms. The van der Waals surface area contributed by atoms with Gasteiger partial charge >= 0.3 is 0 Å². The zero-order chi connectivity index (χ0) is 11.7. The lowest BCUT2D eigenvalue weighted by Crippen LogP contribution is -2.25. The normalized spacial score (nSPS) is 26.9. The SMILES string of the molecule is Ic1ccccc1OCCCN1CC2CC2C1. The molecule has 1 aromatic carbocycles. The Balaban J connectivity index is 1.36. The molecule has 1 saturated heterocycles. The van der Waals surface area contributed by atoms with Crippen LogP contribution in [0.4, 0.5) is 0 Å². The van der Waals surface area contributed by atoms with Crippen molar-refractivity contribution in [1.29, 1.82) is 0 Å². The minimum Gasteiger partial charge on any atom is -0.492 e. The standard InChI is InChI=1S/C14H18INO/c15-13-4-1-2-5-14(13)17-7-3-6-16-9-11-8-12(11)10-16/h1-2,4-5,11-12H,3,6-10H2. The van der Waals surface area contributed by atoms with Gasteiger partial charge in [-0.2, -0.15) is 0 Å². The Morgan fingerprint density at radius 3 is 2.76 bits per heavy atom. The predicted octanol–water partition coefficient (Wildman–Crippen LogP) is 3.01. The Morgan fingerprint density at radius 2 is 2.00 bits per heavy atom. The summed E-state index contributed by atoms with van der Waals surface area (Å²) in [6.07, 6.45) is 2.64. The van der Waals surface area contributed by atoms with Crippen LogP contribution in [0.2, 0.25) is 0 Å². The van der Waals surface area contributed by atoms with Crippen LogP contribution in [-0.4, -0.2) is 31.1 Å². The predicted molar refractivity (Wildman–Crippen MR) is 77.3 cm³/mol. The maximum atomic E-state index is 5.80. The van der Waals surface area contributed by atoms with Crippen LogP contribution in [0.15, 0.2) is 24.3 Å². The molecular formula is C14H18INO. The Labute approximate surface area is 116 Å². The average Bonchev–Trinajstić information content (AvgIpc) is 2.95. The van der Waals surface area contributed by atoms with Crippen LogP contribution in [-0.2, 0) is 0 Å². The second kappa shape index (κ2) is 5.14. The molecule has 0 amide bonds. The highest BCUT2D eigenvalue weighted by molar-refractivity contribution is 14.1. The fourth-order valence-corrected chi connectivity index (χ4v) is 3.25. The number of benzene rings is 1. The first-order valence-corrected chi connectivity index (χ1v) is 7.50. The monoisotopic (exact) mass is 343 g/mol. The van der Waals surface area contributed by atoms with Crippen molar-refractivity contribution >= 4 is 22.6 Å². The van der Waals surface area contributed by atoms with E-state index in [0.717, 1.165) is 30.6 Å². The lowest BCUT2D eigenvalue weighted by atomic mass is 10.3. The van der Waals surface area contributed by atoms with Gasteiger partial charge in [-0.05, 0) is 59.4 Å². The number of ether oxygens (including phenoxy) is 1. The highest BCUT2D eigenvalue weighted by atomic mass is 127. The molecule has 0 N–H and O–H groups in total. The van der Waals surface area contributed by atoms with Crippen molar-refractivity contribution in [1.82, 2.24) is 4.90 Å². The molecule has 3 rings (SSSR count). The third kappa shape index (κ3) is 2.94. The molecule has 0 radical (unpaired) electrons. The van der Waals surface area contributed by atoms with E-state index >= 15 is 0 Å². The van der Waals surface area contributed by atoms with E-state index in [0.29, 0.717) is 0 Å². The molecule has 1 aliphatic heterocycles. The molecule has 2 nitrogen and oxygen atoms in total. The van der Waals surface area contributed by atoms with Crippen molar-refractivity contribution in [3.8, 4) is 5.75 Å². The van der Waals surface area contributed by atoms with E-state index in [1.165, 1.54) is 29.6 Å². The maximum Gasteiger partial charge on any atom is 0.132 e. The van der Waals surface area contributed by atoms with Gasteiger partial charge < -0.3 is 9.64 Å². The zero-order valence-corrected chi connectivity index (χ0v) is 12.1. The van der Waals surface area contributed by atoms with Crippen LogP contribution in [0, 0.1) is 15.4 Å². The Morgan fingerprint density at radius 1 is 1.24 bits per heavy atom. The van der Waals surface area contributed by atoms with E-state index in [1.54, 1.807) is 0 Å². The summed E-state index contributed by atoms with van der Waals surface area (Å²) in [6, 6.07) is 8.22. The molecule has 1 heterocycles. The molecule has 1 aromatic rings. The Kier molecular flexibility index (Phi) is 3.56. The molecule has 17 heavy (non-hydrogen) atoms. The largest absolute Gasteiger partial charge is 0.492 e. The van der Waals surface area contributed by atoms with Crippen LogP contribution in [0.25, 0.3) is 0 Å². The van der Waals surface area contributed by atoms with E-state index in [2.05, 4.69) is 33.6 Å². The van der Waals surface area contributed by atoms with Gasteiger partial charge in [0.2, 0.25) is 0 Å². The Bertz CT molecular complexity index is 386. The summed E-state index contributed by atoms with van der Waals surface area (Å²) in [6.45, 7) is 4.73. The second-order valence-corrected chi connectivity index (χ2v) is 6.31. The lowest BCUT2D eigenvalue weighted by molar-refractivity contribution is 0.249. The minimum atomic E-state index is 0.839. The molecule has 0 aromatic heterocycles. The maximum absolute atomic E-state index is 5.80. The molecule has 2 aliphatic rings. The van der Waals surface area contributed by atoms with E-state index in [-0.39, 0.29) is 0 Å². The number of nitrogens with zero attached hydrogens (tertiary/aromatic N) is 1. The van der Waals surface area contributed by atoms with Gasteiger partial charge in [0.15, 0.2) is 0 Å². The average molecular weight is 343 g/mol. The molecule has 2 unspecified atom stereocenters. The van der Waals surface area contributed by atoms with Crippen molar-refractivity contribution in [2.45, 2.75) is 12.8 Å². The van der Waals surface area contributed by atoms with E-state index < -0.39 is 0 Å². The first-order chi connectivity index (χ1) is 8.33. The molecule has 2 fully saturated rings. The first-order valence-electron chi connectivity index (χ1n) is 6.42. The summed E-state index contributed by atoms with van der Waals surface area (Å²) >= 11 is 2.32. The third-order valence-electron chi connectivity index (χ3n) is 3.77. The second-order valence-electron chi connectivity index (χ2n) is 5.15. The number of hydrogen-bond donors (Lipinski definition) is 0. The molecule has 0 spiro atoms. The smallest absolute Gasteiger partial charge is 0.132 e. The van der Waals surface area contributed by atoms with Gasteiger partial charge in [0.05, 0.1) is 10.2 Å². The first kappa shape index (κ1) is 11.8. The van der Waals surface area contributed by atoms with E-state index in [1.807, 2.05) is 18.2 Å². The van der Waals surface area contributed by atoms with Crippen molar-refractivity contribution in [3.63, 3.8) is 0 Å². The summed E-state index contributed by atoms with van der Waals surface area (Å²) in [5, 5.41) is 0. The van der Waals surface area contributed by atoms with Crippen molar-refractivity contribution < 1.29 is 4.74 Å². The molecule has 2 atom stereocenters. The van der Waals surface area contributed by atoms with Gasteiger partial charge in [0.25, 0.3) is 0 Å². The van der Waals surface area contributed by atoms with Crippen molar-refractivity contribution in [3.05, 3.63) is 27.8 Å². The number of rotatable bonds is 5. The van der Waals surface area contributed by atoms with Crippen LogP contribution in [0.1, 0.15) is 12.8 Å². The molecule has 3 heteroatoms. The number of para-hydroxylation sites is 1. The number of piperidine rings is 1. The molecule has 1 aliphatic carbocycles. The number of fused-ring (bicyclic) bond motifs is 1. The van der Waals surface area contributed by atoms with Gasteiger partial charge in [0, 0.05) is 19.6 Å². The van der Waals surface area contributed by atoms with Crippen LogP contribution >= 0.6 is 22.6 Å². The van der Waals surface area contributed by atoms with Gasteiger partial charge in [-0.15, -0.1) is 0 Å². The van der Waals surface area contributed by atoms with Crippen LogP contribution < -0.4 is 4.74 Å². The van der Waals surface area contributed by atoms with Crippen molar-refractivity contribution in [2.75, 3.05) is 26.2 Å². The van der Waals surface area contributed by atoms with E-state index in [9.17, 15) is 0 Å². The summed E-state index contributed by atoms with van der Waals surface area (Å²) < 4.78 is 7.00. The highest BCUT2D eigenvalue weighted by Crippen LogP contribution is 2.44. The fraction of sp³-hybridized carbons (Fsp3) is 0.571. The van der Waals surface area contributed by atoms with Crippen LogP contribution in [0.5, 0.6) is 5.75 Å². The highest BCUT2D eigenvalue weighted by Gasteiger charge is 2.44. The number of hydrogen-bond acceptors (Lipinski definition) is 2. The number of likely N-dealkylation sites (tertiary alicyclic amines) is 1. The third-order valence-corrected chi connectivity index (χ3v) is 4.66. The number of halogens is 1. The molecule has 92 valence electrons. The Hall–Kier alpha value is -0.290. The summed E-state index contributed by atoms with van der Waals surface area (Å²) in [7, 11) is 0. The zero-order valence-electron chi connectivity index (χ0n) is 9.94. The fourth-order valence-electron chi connectivity index (χ4n) is 2.71. The summed E-state index contributed by atoms with van der Waals surface area (Å²) in [5.74, 6) is 3.12. The van der Waals surface area contributed by atoms with Gasteiger partial charge in [-0.1, -0.05) is 12.1 Å². The quantitative estimate of drug-likeness (QED) is 0.602.